The minimum atomic E-state index is -0.573. The second kappa shape index (κ2) is 3.18. The highest BCUT2D eigenvalue weighted by atomic mass is 16.3. The minimum absolute atomic E-state index is 0.191. The van der Waals surface area contributed by atoms with Gasteiger partial charge in [-0.15, -0.1) is 0 Å². The average Bonchev–Trinajstić information content (AvgIpc) is 2.55. The average molecular weight is 180 g/mol. The summed E-state index contributed by atoms with van der Waals surface area (Å²) in [6, 6.07) is 3.85. The molecule has 2 atom stereocenters. The number of furan rings is 1. The van der Waals surface area contributed by atoms with Crippen LogP contribution in [0.1, 0.15) is 44.3 Å². The lowest BCUT2D eigenvalue weighted by Gasteiger charge is -2.35. The maximum absolute atomic E-state index is 10.1. The summed E-state index contributed by atoms with van der Waals surface area (Å²) in [6.07, 6.45) is 5.94. The van der Waals surface area contributed by atoms with Gasteiger partial charge in [-0.05, 0) is 31.9 Å². The predicted octanol–water partition coefficient (Wildman–Crippen LogP) is 2.69. The monoisotopic (exact) mass is 180 g/mol. The van der Waals surface area contributed by atoms with Gasteiger partial charge in [-0.25, -0.2) is 0 Å². The highest BCUT2D eigenvalue weighted by Crippen LogP contribution is 2.40. The van der Waals surface area contributed by atoms with Crippen LogP contribution in [-0.2, 0) is 0 Å². The molecular weight excluding hydrogens is 164 g/mol. The van der Waals surface area contributed by atoms with Crippen molar-refractivity contribution in [2.24, 2.45) is 0 Å². The van der Waals surface area contributed by atoms with Crippen LogP contribution in [0.4, 0.5) is 0 Å². The van der Waals surface area contributed by atoms with E-state index in [1.54, 1.807) is 6.26 Å². The van der Waals surface area contributed by atoms with Crippen LogP contribution in [0, 0.1) is 0 Å². The Kier molecular flexibility index (Phi) is 2.16. The van der Waals surface area contributed by atoms with Crippen LogP contribution in [-0.4, -0.2) is 10.7 Å². The molecule has 72 valence electrons. The van der Waals surface area contributed by atoms with E-state index in [0.717, 1.165) is 25.0 Å². The molecule has 0 amide bonds. The Morgan fingerprint density at radius 2 is 2.38 bits per heavy atom. The quantitative estimate of drug-likeness (QED) is 0.720. The standard InChI is InChI=1S/C11H16O2/c1-11(12)7-3-2-5-9(11)10-6-4-8-13-10/h4,6,8-9,12H,2-3,5,7H2,1H3/t9-,11+/m0/s1. The van der Waals surface area contributed by atoms with Gasteiger partial charge < -0.3 is 9.52 Å². The van der Waals surface area contributed by atoms with E-state index in [4.69, 9.17) is 4.42 Å². The molecule has 1 heterocycles. The van der Waals surface area contributed by atoms with Crippen LogP contribution in [0.2, 0.25) is 0 Å². The van der Waals surface area contributed by atoms with Crippen molar-refractivity contribution in [2.75, 3.05) is 0 Å². The number of hydrogen-bond donors (Lipinski definition) is 1. The van der Waals surface area contributed by atoms with Crippen molar-refractivity contribution in [3.63, 3.8) is 0 Å². The molecule has 1 aliphatic carbocycles. The van der Waals surface area contributed by atoms with Gasteiger partial charge in [0.2, 0.25) is 0 Å². The highest BCUT2D eigenvalue weighted by molar-refractivity contribution is 5.12. The molecule has 1 aromatic rings. The predicted molar refractivity (Wildman–Crippen MR) is 50.5 cm³/mol. The second-order valence-electron chi connectivity index (χ2n) is 4.17. The third kappa shape index (κ3) is 1.63. The van der Waals surface area contributed by atoms with Gasteiger partial charge in [0.05, 0.1) is 11.9 Å². The zero-order valence-corrected chi connectivity index (χ0v) is 7.99. The lowest BCUT2D eigenvalue weighted by atomic mass is 9.75. The Labute approximate surface area is 78.6 Å². The van der Waals surface area contributed by atoms with Crippen LogP contribution >= 0.6 is 0 Å². The summed E-state index contributed by atoms with van der Waals surface area (Å²) in [5.41, 5.74) is -0.573. The minimum Gasteiger partial charge on any atom is -0.469 e. The zero-order chi connectivity index (χ0) is 9.31. The topological polar surface area (TPSA) is 33.4 Å². The summed E-state index contributed by atoms with van der Waals surface area (Å²) < 4.78 is 5.35. The Hall–Kier alpha value is -0.760. The van der Waals surface area contributed by atoms with Gasteiger partial charge in [0.15, 0.2) is 0 Å². The Morgan fingerprint density at radius 3 is 3.00 bits per heavy atom. The van der Waals surface area contributed by atoms with Crippen molar-refractivity contribution in [2.45, 2.75) is 44.1 Å². The van der Waals surface area contributed by atoms with Gasteiger partial charge in [-0.3, -0.25) is 0 Å². The summed E-state index contributed by atoms with van der Waals surface area (Å²) >= 11 is 0. The number of aliphatic hydroxyl groups is 1. The zero-order valence-electron chi connectivity index (χ0n) is 7.99. The first-order valence-corrected chi connectivity index (χ1v) is 4.96. The van der Waals surface area contributed by atoms with E-state index in [1.807, 2.05) is 19.1 Å². The molecule has 0 radical (unpaired) electrons. The van der Waals surface area contributed by atoms with E-state index in [2.05, 4.69) is 0 Å². The molecule has 2 nitrogen and oxygen atoms in total. The van der Waals surface area contributed by atoms with Crippen LogP contribution < -0.4 is 0 Å². The largest absolute Gasteiger partial charge is 0.469 e. The molecule has 0 aliphatic heterocycles. The molecule has 1 aromatic heterocycles. The molecule has 2 rings (SSSR count). The maximum atomic E-state index is 10.1. The normalized spacial score (nSPS) is 34.8. The highest BCUT2D eigenvalue weighted by Gasteiger charge is 2.36. The molecule has 1 N–H and O–H groups in total. The lowest BCUT2D eigenvalue weighted by molar-refractivity contribution is -0.00595. The van der Waals surface area contributed by atoms with E-state index in [1.165, 1.54) is 6.42 Å². The van der Waals surface area contributed by atoms with Crippen LogP contribution in [0.5, 0.6) is 0 Å². The molecule has 1 fully saturated rings. The van der Waals surface area contributed by atoms with Gasteiger partial charge in [0, 0.05) is 5.92 Å². The first-order valence-electron chi connectivity index (χ1n) is 4.96. The van der Waals surface area contributed by atoms with Gasteiger partial charge in [-0.1, -0.05) is 12.8 Å². The summed E-state index contributed by atoms with van der Waals surface area (Å²) in [5.74, 6) is 1.13. The van der Waals surface area contributed by atoms with Gasteiger partial charge in [0.25, 0.3) is 0 Å². The van der Waals surface area contributed by atoms with Crippen LogP contribution in [0.3, 0.4) is 0 Å². The molecule has 13 heavy (non-hydrogen) atoms. The van der Waals surface area contributed by atoms with E-state index < -0.39 is 5.60 Å². The number of hydrogen-bond acceptors (Lipinski definition) is 2. The van der Waals surface area contributed by atoms with Crippen molar-refractivity contribution in [1.29, 1.82) is 0 Å². The van der Waals surface area contributed by atoms with Gasteiger partial charge in [0.1, 0.15) is 5.76 Å². The molecule has 0 bridgehead atoms. The summed E-state index contributed by atoms with van der Waals surface area (Å²) in [4.78, 5) is 0. The molecule has 0 saturated heterocycles. The van der Waals surface area contributed by atoms with Crippen molar-refractivity contribution >= 4 is 0 Å². The fourth-order valence-electron chi connectivity index (χ4n) is 2.25. The SMILES string of the molecule is C[C@@]1(O)CCCC[C@H]1c1ccco1. The molecular formula is C11H16O2. The maximum Gasteiger partial charge on any atom is 0.109 e. The Bertz CT molecular complexity index is 262. The molecule has 0 unspecified atom stereocenters. The summed E-state index contributed by atoms with van der Waals surface area (Å²) in [6.45, 7) is 1.92. The van der Waals surface area contributed by atoms with Crippen LogP contribution in [0.15, 0.2) is 22.8 Å². The van der Waals surface area contributed by atoms with Gasteiger partial charge in [-0.2, -0.15) is 0 Å². The van der Waals surface area contributed by atoms with Crippen molar-refractivity contribution in [3.8, 4) is 0 Å². The smallest absolute Gasteiger partial charge is 0.109 e. The Morgan fingerprint density at radius 1 is 1.54 bits per heavy atom. The van der Waals surface area contributed by atoms with Crippen molar-refractivity contribution in [1.82, 2.24) is 0 Å². The summed E-state index contributed by atoms with van der Waals surface area (Å²) in [7, 11) is 0. The van der Waals surface area contributed by atoms with E-state index in [9.17, 15) is 5.11 Å². The fourth-order valence-corrected chi connectivity index (χ4v) is 2.25. The lowest BCUT2D eigenvalue weighted by Crippen LogP contribution is -2.35. The molecule has 1 saturated carbocycles. The van der Waals surface area contributed by atoms with Crippen molar-refractivity contribution in [3.05, 3.63) is 24.2 Å². The van der Waals surface area contributed by atoms with E-state index >= 15 is 0 Å². The van der Waals surface area contributed by atoms with E-state index in [0.29, 0.717) is 0 Å². The first-order chi connectivity index (χ1) is 6.20. The van der Waals surface area contributed by atoms with Crippen molar-refractivity contribution < 1.29 is 9.52 Å². The van der Waals surface area contributed by atoms with Gasteiger partial charge >= 0.3 is 0 Å². The van der Waals surface area contributed by atoms with E-state index in [-0.39, 0.29) is 5.92 Å². The number of rotatable bonds is 1. The molecule has 0 spiro atoms. The second-order valence-corrected chi connectivity index (χ2v) is 4.17. The first kappa shape index (κ1) is 8.82. The third-order valence-corrected chi connectivity index (χ3v) is 3.06. The summed E-state index contributed by atoms with van der Waals surface area (Å²) in [5, 5.41) is 10.1. The third-order valence-electron chi connectivity index (χ3n) is 3.06. The molecule has 0 aromatic carbocycles. The molecule has 2 heteroatoms. The Balaban J connectivity index is 2.21. The van der Waals surface area contributed by atoms with Crippen LogP contribution in [0.25, 0.3) is 0 Å². The fraction of sp³-hybridized carbons (Fsp3) is 0.636. The molecule has 1 aliphatic rings.